The maximum absolute atomic E-state index is 12.1. The summed E-state index contributed by atoms with van der Waals surface area (Å²) in [5.74, 6) is -0.534. The van der Waals surface area contributed by atoms with Crippen LogP contribution >= 0.6 is 0 Å². The normalized spacial score (nSPS) is 21.6. The molecule has 1 unspecified atom stereocenters. The second kappa shape index (κ2) is 7.06. The van der Waals surface area contributed by atoms with Crippen molar-refractivity contribution in [3.05, 3.63) is 0 Å². The molecular weight excluding hydrogens is 316 g/mol. The van der Waals surface area contributed by atoms with E-state index in [1.165, 1.54) is 4.90 Å². The largest absolute Gasteiger partial charge is 0.345 e. The second-order valence-electron chi connectivity index (χ2n) is 5.53. The van der Waals surface area contributed by atoms with Crippen molar-refractivity contribution < 1.29 is 21.6 Å². The molecule has 1 amide bonds. The lowest BCUT2D eigenvalue weighted by Gasteiger charge is -2.27. The summed E-state index contributed by atoms with van der Waals surface area (Å²) in [6.07, 6.45) is 3.05. The minimum atomic E-state index is -3.63. The van der Waals surface area contributed by atoms with E-state index in [-0.39, 0.29) is 30.4 Å². The van der Waals surface area contributed by atoms with Gasteiger partial charge in [0, 0.05) is 19.6 Å². The van der Waals surface area contributed by atoms with Gasteiger partial charge in [0.05, 0.1) is 24.3 Å². The predicted octanol–water partition coefficient (Wildman–Crippen LogP) is -0.306. The summed E-state index contributed by atoms with van der Waals surface area (Å²) in [5, 5.41) is 0. The first-order valence-electron chi connectivity index (χ1n) is 6.98. The van der Waals surface area contributed by atoms with Crippen LogP contribution in [0.1, 0.15) is 26.2 Å². The van der Waals surface area contributed by atoms with Crippen LogP contribution in [0.15, 0.2) is 0 Å². The Hall–Kier alpha value is -0.670. The zero-order valence-electron chi connectivity index (χ0n) is 12.8. The highest BCUT2D eigenvalue weighted by Crippen LogP contribution is 2.20. The van der Waals surface area contributed by atoms with Crippen LogP contribution in [-0.4, -0.2) is 75.9 Å². The maximum Gasteiger partial charge on any atom is 0.237 e. The third-order valence-corrected chi connectivity index (χ3v) is 6.64. The van der Waals surface area contributed by atoms with E-state index in [4.69, 9.17) is 0 Å². The van der Waals surface area contributed by atoms with Crippen LogP contribution in [0.4, 0.5) is 0 Å². The minimum absolute atomic E-state index is 0.0243. The first-order valence-corrected chi connectivity index (χ1v) is 10.6. The number of hydrogen-bond donors (Lipinski definition) is 0. The number of carbonyl (C=O) groups is 1. The number of unbranched alkanes of at least 4 members (excludes halogenated alkanes) is 1. The molecule has 0 aromatic rings. The molecule has 1 atom stereocenters. The molecule has 1 aliphatic rings. The van der Waals surface area contributed by atoms with Gasteiger partial charge in [-0.25, -0.2) is 16.8 Å². The first-order chi connectivity index (χ1) is 9.57. The maximum atomic E-state index is 12.1. The molecular formula is C12H24N2O5S2. The van der Waals surface area contributed by atoms with E-state index in [1.54, 1.807) is 7.05 Å². The van der Waals surface area contributed by atoms with Gasteiger partial charge in [0.15, 0.2) is 9.84 Å². The van der Waals surface area contributed by atoms with Gasteiger partial charge in [-0.1, -0.05) is 13.3 Å². The molecule has 0 spiro atoms. The van der Waals surface area contributed by atoms with Crippen molar-refractivity contribution in [2.24, 2.45) is 0 Å². The molecule has 0 radical (unpaired) electrons. The van der Waals surface area contributed by atoms with Gasteiger partial charge in [-0.15, -0.1) is 0 Å². The van der Waals surface area contributed by atoms with Crippen molar-refractivity contribution >= 4 is 25.8 Å². The van der Waals surface area contributed by atoms with Crippen LogP contribution in [0.25, 0.3) is 0 Å². The Kier molecular flexibility index (Phi) is 6.18. The fourth-order valence-electron chi connectivity index (χ4n) is 2.29. The Bertz CT molecular complexity index is 570. The van der Waals surface area contributed by atoms with Crippen LogP contribution in [-0.2, 0) is 24.7 Å². The van der Waals surface area contributed by atoms with Crippen molar-refractivity contribution in [3.63, 3.8) is 0 Å². The smallest absolute Gasteiger partial charge is 0.237 e. The lowest BCUT2D eigenvalue weighted by molar-refractivity contribution is -0.130. The lowest BCUT2D eigenvalue weighted by Crippen LogP contribution is -2.47. The van der Waals surface area contributed by atoms with Gasteiger partial charge in [-0.3, -0.25) is 4.79 Å². The van der Waals surface area contributed by atoms with Crippen LogP contribution in [0, 0.1) is 0 Å². The standard InChI is InChI=1S/C12H24N2O5S2/c1-4-5-7-13(2)12(15)9-14(20(3,16)17)11-6-8-21(18,19)10-11/h11H,4-10H2,1-3H3. The predicted molar refractivity (Wildman–Crippen MR) is 81.2 cm³/mol. The highest BCUT2D eigenvalue weighted by atomic mass is 32.2. The average molecular weight is 340 g/mol. The number of sulfone groups is 1. The van der Waals surface area contributed by atoms with E-state index in [1.807, 2.05) is 6.92 Å². The summed E-state index contributed by atoms with van der Waals surface area (Å²) < 4.78 is 47.8. The molecule has 0 aromatic heterocycles. The van der Waals surface area contributed by atoms with E-state index in [0.717, 1.165) is 23.4 Å². The van der Waals surface area contributed by atoms with Crippen molar-refractivity contribution in [2.75, 3.05) is 37.9 Å². The van der Waals surface area contributed by atoms with Crippen molar-refractivity contribution in [3.8, 4) is 0 Å². The molecule has 0 N–H and O–H groups in total. The van der Waals surface area contributed by atoms with Crippen LogP contribution in [0.3, 0.4) is 0 Å². The Morgan fingerprint density at radius 3 is 2.38 bits per heavy atom. The fraction of sp³-hybridized carbons (Fsp3) is 0.917. The molecule has 124 valence electrons. The topological polar surface area (TPSA) is 91.8 Å². The van der Waals surface area contributed by atoms with E-state index in [9.17, 15) is 21.6 Å². The highest BCUT2D eigenvalue weighted by molar-refractivity contribution is 7.92. The number of nitrogens with zero attached hydrogens (tertiary/aromatic N) is 2. The molecule has 9 heteroatoms. The molecule has 0 aliphatic carbocycles. The highest BCUT2D eigenvalue weighted by Gasteiger charge is 2.37. The monoisotopic (exact) mass is 340 g/mol. The number of amides is 1. The number of sulfonamides is 1. The third-order valence-electron chi connectivity index (χ3n) is 3.61. The average Bonchev–Trinajstić information content (AvgIpc) is 2.71. The Morgan fingerprint density at radius 1 is 1.33 bits per heavy atom. The quantitative estimate of drug-likeness (QED) is 0.634. The van der Waals surface area contributed by atoms with Gasteiger partial charge >= 0.3 is 0 Å². The van der Waals surface area contributed by atoms with Crippen molar-refractivity contribution in [2.45, 2.75) is 32.2 Å². The van der Waals surface area contributed by atoms with Gasteiger partial charge in [-0.2, -0.15) is 4.31 Å². The van der Waals surface area contributed by atoms with Crippen LogP contribution in [0.5, 0.6) is 0 Å². The van der Waals surface area contributed by atoms with E-state index >= 15 is 0 Å². The van der Waals surface area contributed by atoms with Gasteiger partial charge < -0.3 is 4.90 Å². The van der Waals surface area contributed by atoms with E-state index in [0.29, 0.717) is 6.54 Å². The van der Waals surface area contributed by atoms with Gasteiger partial charge in [0.2, 0.25) is 15.9 Å². The molecule has 21 heavy (non-hydrogen) atoms. The summed E-state index contributed by atoms with van der Waals surface area (Å²) in [6, 6.07) is -0.631. The molecule has 1 heterocycles. The molecule has 1 saturated heterocycles. The molecule has 1 aliphatic heterocycles. The first kappa shape index (κ1) is 18.4. The zero-order chi connectivity index (χ0) is 16.3. The molecule has 1 fully saturated rings. The second-order valence-corrected chi connectivity index (χ2v) is 9.70. The fourth-order valence-corrected chi connectivity index (χ4v) is 5.19. The molecule has 0 saturated carbocycles. The number of rotatable bonds is 7. The van der Waals surface area contributed by atoms with E-state index in [2.05, 4.69) is 0 Å². The van der Waals surface area contributed by atoms with Gasteiger partial charge in [0.1, 0.15) is 0 Å². The zero-order valence-corrected chi connectivity index (χ0v) is 14.4. The number of likely N-dealkylation sites (N-methyl/N-ethyl adjacent to an activating group) is 1. The Balaban J connectivity index is 2.79. The van der Waals surface area contributed by atoms with Crippen molar-refractivity contribution in [1.82, 2.24) is 9.21 Å². The van der Waals surface area contributed by atoms with E-state index < -0.39 is 25.9 Å². The number of carbonyl (C=O) groups excluding carboxylic acids is 1. The molecule has 7 nitrogen and oxygen atoms in total. The third kappa shape index (κ3) is 5.55. The SMILES string of the molecule is CCCCN(C)C(=O)CN(C1CCS(=O)(=O)C1)S(C)(=O)=O. The summed E-state index contributed by atoms with van der Waals surface area (Å²) in [6.45, 7) is 2.28. The summed E-state index contributed by atoms with van der Waals surface area (Å²) in [4.78, 5) is 13.6. The summed E-state index contributed by atoms with van der Waals surface area (Å²) >= 11 is 0. The van der Waals surface area contributed by atoms with Crippen LogP contribution < -0.4 is 0 Å². The van der Waals surface area contributed by atoms with Crippen LogP contribution in [0.2, 0.25) is 0 Å². The van der Waals surface area contributed by atoms with Gasteiger partial charge in [-0.05, 0) is 12.8 Å². The Morgan fingerprint density at radius 2 is 1.95 bits per heavy atom. The minimum Gasteiger partial charge on any atom is -0.345 e. The summed E-state index contributed by atoms with van der Waals surface area (Å²) in [5.41, 5.74) is 0. The van der Waals surface area contributed by atoms with Crippen molar-refractivity contribution in [1.29, 1.82) is 0 Å². The lowest BCUT2D eigenvalue weighted by atomic mass is 10.2. The summed E-state index contributed by atoms with van der Waals surface area (Å²) in [7, 11) is -5.20. The van der Waals surface area contributed by atoms with Gasteiger partial charge in [0.25, 0.3) is 0 Å². The molecule has 1 rings (SSSR count). The molecule has 0 aromatic carbocycles. The Labute approximate surface area is 127 Å². The number of hydrogen-bond acceptors (Lipinski definition) is 5. The molecule has 0 bridgehead atoms.